The van der Waals surface area contributed by atoms with E-state index in [1.165, 1.54) is 16.9 Å². The number of benzene rings is 3. The van der Waals surface area contributed by atoms with Gasteiger partial charge >= 0.3 is 0 Å². The zero-order chi connectivity index (χ0) is 23.1. The van der Waals surface area contributed by atoms with Crippen molar-refractivity contribution in [2.24, 2.45) is 0 Å². The summed E-state index contributed by atoms with van der Waals surface area (Å²) in [6.45, 7) is 8.08. The van der Waals surface area contributed by atoms with Gasteiger partial charge in [-0.15, -0.1) is 11.3 Å². The molecule has 0 aliphatic carbocycles. The molecule has 0 aliphatic rings. The third kappa shape index (κ3) is 3.78. The molecule has 1 N–H and O–H groups in total. The fourth-order valence-electron chi connectivity index (χ4n) is 4.25. The summed E-state index contributed by atoms with van der Waals surface area (Å²) < 4.78 is 0. The fraction of sp³-hybridized carbons (Fsp3) is 0.0690. The molecule has 0 bridgehead atoms. The summed E-state index contributed by atoms with van der Waals surface area (Å²) in [5.41, 5.74) is 10.3. The molecular formula is C29H21ClN2S. The molecule has 0 unspecified atom stereocenters. The van der Waals surface area contributed by atoms with Gasteiger partial charge < -0.3 is 4.98 Å². The van der Waals surface area contributed by atoms with Crippen molar-refractivity contribution in [2.45, 2.75) is 13.8 Å². The first-order valence-corrected chi connectivity index (χ1v) is 11.9. The number of H-pyrrole nitrogens is 1. The van der Waals surface area contributed by atoms with Gasteiger partial charge in [0.1, 0.15) is 10.9 Å². The Bertz CT molecular complexity index is 1580. The lowest BCUT2D eigenvalue weighted by molar-refractivity contribution is 1.44. The highest BCUT2D eigenvalue weighted by molar-refractivity contribution is 7.11. The van der Waals surface area contributed by atoms with Crippen LogP contribution < -0.4 is 0 Å². The van der Waals surface area contributed by atoms with E-state index in [0.717, 1.165) is 55.6 Å². The number of nitrogens with zero attached hydrogens (tertiary/aromatic N) is 1. The number of rotatable bonds is 4. The van der Waals surface area contributed by atoms with Crippen LogP contribution in [0.15, 0.2) is 78.7 Å². The molecule has 0 aliphatic heterocycles. The first-order valence-electron chi connectivity index (χ1n) is 10.6. The Hall–Kier alpha value is -3.58. The second-order valence-corrected chi connectivity index (χ2v) is 9.58. The van der Waals surface area contributed by atoms with E-state index in [9.17, 15) is 5.26 Å². The van der Waals surface area contributed by atoms with Gasteiger partial charge in [0.05, 0.1) is 5.69 Å². The molecule has 0 amide bonds. The third-order valence-electron chi connectivity index (χ3n) is 5.91. The van der Waals surface area contributed by atoms with Crippen LogP contribution >= 0.6 is 22.9 Å². The van der Waals surface area contributed by atoms with E-state index in [4.69, 9.17) is 11.6 Å². The zero-order valence-electron chi connectivity index (χ0n) is 18.4. The molecule has 0 radical (unpaired) electrons. The average molecular weight is 465 g/mol. The summed E-state index contributed by atoms with van der Waals surface area (Å²) in [6.07, 6.45) is 0. The number of halogens is 1. The molecule has 33 heavy (non-hydrogen) atoms. The molecule has 2 heterocycles. The predicted octanol–water partition coefficient (Wildman–Crippen LogP) is 9.10. The molecular weight excluding hydrogens is 444 g/mol. The van der Waals surface area contributed by atoms with Crippen LogP contribution in [0.5, 0.6) is 0 Å². The molecule has 0 fully saturated rings. The number of thiophene rings is 1. The highest BCUT2D eigenvalue weighted by atomic mass is 35.5. The molecule has 5 aromatic rings. The van der Waals surface area contributed by atoms with Gasteiger partial charge in [-0.1, -0.05) is 65.7 Å². The van der Waals surface area contributed by atoms with Crippen molar-refractivity contribution in [3.8, 4) is 39.6 Å². The number of aromatic nitrogens is 1. The maximum Gasteiger partial charge on any atom is 0.112 e. The largest absolute Gasteiger partial charge is 0.354 e. The molecule has 0 saturated carbocycles. The first kappa shape index (κ1) is 21.3. The summed E-state index contributed by atoms with van der Waals surface area (Å²) in [5, 5.41) is 13.5. The Balaban J connectivity index is 1.72. The van der Waals surface area contributed by atoms with Crippen molar-refractivity contribution >= 4 is 39.4 Å². The Morgan fingerprint density at radius 3 is 2.58 bits per heavy atom. The van der Waals surface area contributed by atoms with Crippen molar-refractivity contribution in [1.29, 1.82) is 5.26 Å². The number of hydrogen-bond acceptors (Lipinski definition) is 2. The van der Waals surface area contributed by atoms with Crippen molar-refractivity contribution in [2.75, 3.05) is 0 Å². The lowest BCUT2D eigenvalue weighted by atomic mass is 9.95. The van der Waals surface area contributed by atoms with Crippen LogP contribution in [-0.2, 0) is 0 Å². The SMILES string of the molecule is C=C(C)c1ccc(-c2cccc(-c3[nH]c4ccc(C)cc4c3-c3ccsc3C#N)c2)c(Cl)c1. The maximum absolute atomic E-state index is 9.71. The summed E-state index contributed by atoms with van der Waals surface area (Å²) in [7, 11) is 0. The van der Waals surface area contributed by atoms with Crippen LogP contribution in [0.2, 0.25) is 5.02 Å². The Kier molecular flexibility index (Phi) is 5.42. The minimum Gasteiger partial charge on any atom is -0.354 e. The normalized spacial score (nSPS) is 11.0. The molecule has 0 saturated heterocycles. The van der Waals surface area contributed by atoms with Crippen LogP contribution in [0.25, 0.3) is 50.0 Å². The summed E-state index contributed by atoms with van der Waals surface area (Å²) >= 11 is 8.13. The van der Waals surface area contributed by atoms with Crippen LogP contribution in [0, 0.1) is 18.3 Å². The van der Waals surface area contributed by atoms with Gasteiger partial charge in [-0.25, -0.2) is 0 Å². The summed E-state index contributed by atoms with van der Waals surface area (Å²) in [6, 6.07) is 25.2. The molecule has 0 atom stereocenters. The number of hydrogen-bond donors (Lipinski definition) is 1. The summed E-state index contributed by atoms with van der Waals surface area (Å²) in [4.78, 5) is 4.33. The lowest BCUT2D eigenvalue weighted by Gasteiger charge is -2.10. The van der Waals surface area contributed by atoms with Crippen molar-refractivity contribution in [1.82, 2.24) is 4.98 Å². The van der Waals surface area contributed by atoms with Gasteiger partial charge in [0.2, 0.25) is 0 Å². The second-order valence-electron chi connectivity index (χ2n) is 8.26. The van der Waals surface area contributed by atoms with E-state index in [2.05, 4.69) is 67.0 Å². The Morgan fingerprint density at radius 1 is 1.00 bits per heavy atom. The third-order valence-corrected chi connectivity index (χ3v) is 7.05. The van der Waals surface area contributed by atoms with E-state index in [0.29, 0.717) is 9.90 Å². The highest BCUT2D eigenvalue weighted by Crippen LogP contribution is 2.42. The Morgan fingerprint density at radius 2 is 1.82 bits per heavy atom. The van der Waals surface area contributed by atoms with E-state index in [1.54, 1.807) is 0 Å². The van der Waals surface area contributed by atoms with Crippen LogP contribution in [0.3, 0.4) is 0 Å². The minimum absolute atomic E-state index is 0.699. The topological polar surface area (TPSA) is 39.6 Å². The fourth-order valence-corrected chi connectivity index (χ4v) is 5.23. The van der Waals surface area contributed by atoms with Crippen molar-refractivity contribution in [3.05, 3.63) is 99.7 Å². The van der Waals surface area contributed by atoms with Gasteiger partial charge in [-0.05, 0) is 66.2 Å². The lowest BCUT2D eigenvalue weighted by Crippen LogP contribution is -1.87. The van der Waals surface area contributed by atoms with E-state index >= 15 is 0 Å². The number of fused-ring (bicyclic) bond motifs is 1. The standard InChI is InChI=1S/C29H21ClN2S/c1-17(2)19-8-9-22(25(30)15-19)20-5-4-6-21(14-20)29-28(23-11-12-33-27(23)16-31)24-13-18(3)7-10-26(24)32-29/h4-15,32H,1H2,2-3H3. The molecule has 4 heteroatoms. The quantitative estimate of drug-likeness (QED) is 0.283. The molecule has 2 nitrogen and oxygen atoms in total. The van der Waals surface area contributed by atoms with Gasteiger partial charge in [-0.2, -0.15) is 5.26 Å². The van der Waals surface area contributed by atoms with Crippen LogP contribution in [-0.4, -0.2) is 4.98 Å². The number of nitriles is 1. The molecule has 0 spiro atoms. The van der Waals surface area contributed by atoms with Crippen molar-refractivity contribution in [3.63, 3.8) is 0 Å². The van der Waals surface area contributed by atoms with E-state index < -0.39 is 0 Å². The number of aromatic amines is 1. The Labute approximate surface area is 202 Å². The zero-order valence-corrected chi connectivity index (χ0v) is 19.9. The summed E-state index contributed by atoms with van der Waals surface area (Å²) in [5.74, 6) is 0. The molecule has 160 valence electrons. The first-order chi connectivity index (χ1) is 16.0. The van der Waals surface area contributed by atoms with Gasteiger partial charge in [-0.3, -0.25) is 0 Å². The molecule has 3 aromatic carbocycles. The molecule has 2 aromatic heterocycles. The van der Waals surface area contributed by atoms with Gasteiger partial charge in [0, 0.05) is 32.6 Å². The smallest absolute Gasteiger partial charge is 0.112 e. The minimum atomic E-state index is 0.699. The average Bonchev–Trinajstić information content (AvgIpc) is 3.42. The van der Waals surface area contributed by atoms with Crippen LogP contribution in [0.4, 0.5) is 0 Å². The number of allylic oxidation sites excluding steroid dienone is 1. The van der Waals surface area contributed by atoms with Gasteiger partial charge in [0.25, 0.3) is 0 Å². The van der Waals surface area contributed by atoms with E-state index in [-0.39, 0.29) is 0 Å². The van der Waals surface area contributed by atoms with Crippen molar-refractivity contribution < 1.29 is 0 Å². The monoisotopic (exact) mass is 464 g/mol. The highest BCUT2D eigenvalue weighted by Gasteiger charge is 2.19. The molecule has 5 rings (SSSR count). The predicted molar refractivity (Wildman–Crippen MR) is 142 cm³/mol. The van der Waals surface area contributed by atoms with Gasteiger partial charge in [0.15, 0.2) is 0 Å². The number of aryl methyl sites for hydroxylation is 1. The second kappa shape index (κ2) is 8.41. The van der Waals surface area contributed by atoms with Crippen LogP contribution in [0.1, 0.15) is 22.9 Å². The van der Waals surface area contributed by atoms with E-state index in [1.807, 2.05) is 36.6 Å². The maximum atomic E-state index is 9.71. The number of nitrogens with one attached hydrogen (secondary N) is 1.